The zero-order valence-electron chi connectivity index (χ0n) is 13.9. The summed E-state index contributed by atoms with van der Waals surface area (Å²) in [6, 6.07) is 5.62. The average molecular weight is 381 g/mol. The van der Waals surface area contributed by atoms with Crippen LogP contribution in [0.15, 0.2) is 36.5 Å². The fourth-order valence-corrected chi connectivity index (χ4v) is 4.58. The maximum atomic E-state index is 13.7. The van der Waals surface area contributed by atoms with E-state index in [0.29, 0.717) is 18.3 Å². The lowest BCUT2D eigenvalue weighted by Crippen LogP contribution is -2.33. The maximum Gasteiger partial charge on any atom is 0.255 e. The number of sulfone groups is 1. The minimum atomic E-state index is -3.04. The molecule has 1 aromatic heterocycles. The number of hydrogen-bond acceptors (Lipinski definition) is 5. The first kappa shape index (κ1) is 18.2. The first-order valence-electron chi connectivity index (χ1n) is 7.91. The summed E-state index contributed by atoms with van der Waals surface area (Å²) in [5.74, 6) is -1.57. The second-order valence-electron chi connectivity index (χ2n) is 6.15. The summed E-state index contributed by atoms with van der Waals surface area (Å²) in [5, 5.41) is 2.38. The van der Waals surface area contributed by atoms with E-state index in [0.717, 1.165) is 12.1 Å². The molecule has 1 saturated heterocycles. The Hall–Kier alpha value is -2.55. The molecule has 138 valence electrons. The molecule has 0 saturated carbocycles. The fourth-order valence-electron chi connectivity index (χ4n) is 2.81. The molecule has 6 nitrogen and oxygen atoms in total. The van der Waals surface area contributed by atoms with E-state index >= 15 is 0 Å². The number of carbonyl (C=O) groups is 1. The lowest BCUT2D eigenvalue weighted by Gasteiger charge is -2.24. The minimum absolute atomic E-state index is 0.0440. The van der Waals surface area contributed by atoms with Gasteiger partial charge in [0.15, 0.2) is 9.84 Å². The van der Waals surface area contributed by atoms with E-state index in [2.05, 4.69) is 10.3 Å². The molecule has 1 atom stereocenters. The number of rotatable bonds is 4. The van der Waals surface area contributed by atoms with Crippen LogP contribution in [0.1, 0.15) is 16.8 Å². The molecule has 1 aliphatic heterocycles. The molecule has 2 aromatic rings. The van der Waals surface area contributed by atoms with Crippen LogP contribution in [0.3, 0.4) is 0 Å². The van der Waals surface area contributed by atoms with E-state index in [1.165, 1.54) is 18.3 Å². The highest BCUT2D eigenvalue weighted by Crippen LogP contribution is 2.22. The Morgan fingerprint density at radius 1 is 1.27 bits per heavy atom. The molecule has 0 aliphatic carbocycles. The predicted octanol–water partition coefficient (Wildman–Crippen LogP) is 2.24. The third-order valence-electron chi connectivity index (χ3n) is 4.30. The van der Waals surface area contributed by atoms with E-state index in [1.807, 2.05) is 0 Å². The van der Waals surface area contributed by atoms with Crippen molar-refractivity contribution in [2.75, 3.05) is 28.8 Å². The molecule has 1 unspecified atom stereocenters. The van der Waals surface area contributed by atoms with Crippen LogP contribution < -0.4 is 10.2 Å². The molecule has 0 bridgehead atoms. The number of hydrogen-bond donors (Lipinski definition) is 1. The van der Waals surface area contributed by atoms with Crippen molar-refractivity contribution >= 4 is 27.2 Å². The summed E-state index contributed by atoms with van der Waals surface area (Å²) in [7, 11) is -1.33. The number of nitrogens with zero attached hydrogens (tertiary/aromatic N) is 2. The van der Waals surface area contributed by atoms with Crippen molar-refractivity contribution in [1.82, 2.24) is 4.98 Å². The molecule has 3 rings (SSSR count). The number of benzene rings is 1. The number of pyridine rings is 1. The van der Waals surface area contributed by atoms with Crippen molar-refractivity contribution in [3.05, 3.63) is 53.7 Å². The molecule has 9 heteroatoms. The molecular formula is C17H17F2N3O3S. The van der Waals surface area contributed by atoms with Gasteiger partial charge in [-0.15, -0.1) is 0 Å². The van der Waals surface area contributed by atoms with Gasteiger partial charge in [0.2, 0.25) is 0 Å². The van der Waals surface area contributed by atoms with Gasteiger partial charge in [0, 0.05) is 30.9 Å². The predicted molar refractivity (Wildman–Crippen MR) is 94.0 cm³/mol. The number of carbonyl (C=O) groups excluding carboxylic acids is 1. The van der Waals surface area contributed by atoms with Gasteiger partial charge in [0.05, 0.1) is 17.2 Å². The van der Waals surface area contributed by atoms with Crippen LogP contribution in [-0.2, 0) is 9.84 Å². The monoisotopic (exact) mass is 381 g/mol. The first-order valence-corrected chi connectivity index (χ1v) is 9.73. The van der Waals surface area contributed by atoms with Crippen LogP contribution in [0.2, 0.25) is 0 Å². The van der Waals surface area contributed by atoms with Crippen LogP contribution in [0.25, 0.3) is 0 Å². The van der Waals surface area contributed by atoms with E-state index in [1.54, 1.807) is 11.9 Å². The van der Waals surface area contributed by atoms with E-state index in [9.17, 15) is 22.0 Å². The Morgan fingerprint density at radius 3 is 2.69 bits per heavy atom. The van der Waals surface area contributed by atoms with Crippen molar-refractivity contribution in [3.8, 4) is 0 Å². The molecular weight excluding hydrogens is 364 g/mol. The van der Waals surface area contributed by atoms with E-state index in [4.69, 9.17) is 0 Å². The van der Waals surface area contributed by atoms with E-state index in [-0.39, 0.29) is 28.8 Å². The highest BCUT2D eigenvalue weighted by molar-refractivity contribution is 7.91. The Labute approximate surface area is 149 Å². The average Bonchev–Trinajstić information content (AvgIpc) is 2.96. The third-order valence-corrected chi connectivity index (χ3v) is 6.05. The normalized spacial score (nSPS) is 18.5. The standard InChI is InChI=1S/C17H17F2N3O3S/c1-22(13-5-7-26(24,25)10-13)16-8-11(4-6-20-16)17(23)21-15-3-2-12(18)9-14(15)19/h2-4,6,8-9,13H,5,7,10H2,1H3,(H,21,23). The van der Waals surface area contributed by atoms with Gasteiger partial charge < -0.3 is 10.2 Å². The summed E-state index contributed by atoms with van der Waals surface area (Å²) in [4.78, 5) is 18.2. The summed E-state index contributed by atoms with van der Waals surface area (Å²) >= 11 is 0. The molecule has 26 heavy (non-hydrogen) atoms. The summed E-state index contributed by atoms with van der Waals surface area (Å²) < 4.78 is 49.9. The van der Waals surface area contributed by atoms with Gasteiger partial charge in [0.25, 0.3) is 5.91 Å². The van der Waals surface area contributed by atoms with Gasteiger partial charge in [-0.05, 0) is 30.7 Å². The molecule has 1 fully saturated rings. The SMILES string of the molecule is CN(c1cc(C(=O)Nc2ccc(F)cc2F)ccn1)C1CCS(=O)(=O)C1. The molecule has 0 spiro atoms. The van der Waals surface area contributed by atoms with Gasteiger partial charge in [-0.3, -0.25) is 4.79 Å². The highest BCUT2D eigenvalue weighted by Gasteiger charge is 2.31. The van der Waals surface area contributed by atoms with Crippen molar-refractivity contribution in [1.29, 1.82) is 0 Å². The number of aromatic nitrogens is 1. The van der Waals surface area contributed by atoms with Crippen LogP contribution in [0.4, 0.5) is 20.3 Å². The highest BCUT2D eigenvalue weighted by atomic mass is 32.2. The molecule has 1 aromatic carbocycles. The third kappa shape index (κ3) is 3.98. The minimum Gasteiger partial charge on any atom is -0.356 e. The summed E-state index contributed by atoms with van der Waals surface area (Å²) in [5.41, 5.74) is 0.0939. The first-order chi connectivity index (χ1) is 12.2. The fraction of sp³-hybridized carbons (Fsp3) is 0.294. The second kappa shape index (κ2) is 6.99. The Kier molecular flexibility index (Phi) is 4.90. The molecule has 2 heterocycles. The topological polar surface area (TPSA) is 79.4 Å². The molecule has 1 aliphatic rings. The van der Waals surface area contributed by atoms with Crippen molar-refractivity contribution < 1.29 is 22.0 Å². The van der Waals surface area contributed by atoms with Crippen molar-refractivity contribution in [3.63, 3.8) is 0 Å². The number of anilines is 2. The summed E-state index contributed by atoms with van der Waals surface area (Å²) in [6.45, 7) is 0. The molecule has 0 radical (unpaired) electrons. The lowest BCUT2D eigenvalue weighted by molar-refractivity contribution is 0.102. The van der Waals surface area contributed by atoms with Gasteiger partial charge in [-0.2, -0.15) is 0 Å². The van der Waals surface area contributed by atoms with Crippen molar-refractivity contribution in [2.24, 2.45) is 0 Å². The van der Waals surface area contributed by atoms with Gasteiger partial charge in [-0.1, -0.05) is 0 Å². The molecule has 1 amide bonds. The maximum absolute atomic E-state index is 13.7. The van der Waals surface area contributed by atoms with E-state index < -0.39 is 27.4 Å². The zero-order chi connectivity index (χ0) is 18.9. The van der Waals surface area contributed by atoms with Gasteiger partial charge in [-0.25, -0.2) is 22.2 Å². The molecule has 1 N–H and O–H groups in total. The van der Waals surface area contributed by atoms with Gasteiger partial charge >= 0.3 is 0 Å². The van der Waals surface area contributed by atoms with Gasteiger partial charge in [0.1, 0.15) is 17.5 Å². The Morgan fingerprint density at radius 2 is 2.04 bits per heavy atom. The quantitative estimate of drug-likeness (QED) is 0.879. The van der Waals surface area contributed by atoms with Crippen molar-refractivity contribution in [2.45, 2.75) is 12.5 Å². The van der Waals surface area contributed by atoms with Crippen LogP contribution in [-0.4, -0.2) is 43.9 Å². The smallest absolute Gasteiger partial charge is 0.255 e. The van der Waals surface area contributed by atoms with Crippen LogP contribution in [0.5, 0.6) is 0 Å². The summed E-state index contributed by atoms with van der Waals surface area (Å²) in [6.07, 6.45) is 1.92. The second-order valence-corrected chi connectivity index (χ2v) is 8.38. The lowest BCUT2D eigenvalue weighted by atomic mass is 10.2. The number of halogens is 2. The Bertz CT molecular complexity index is 950. The largest absolute Gasteiger partial charge is 0.356 e. The number of amides is 1. The van der Waals surface area contributed by atoms with Crippen LogP contribution >= 0.6 is 0 Å². The van der Waals surface area contributed by atoms with Crippen LogP contribution in [0, 0.1) is 11.6 Å². The Balaban J connectivity index is 1.77. The zero-order valence-corrected chi connectivity index (χ0v) is 14.8. The number of nitrogens with one attached hydrogen (secondary N) is 1.